The van der Waals surface area contributed by atoms with Crippen LogP contribution in [0.2, 0.25) is 0 Å². The highest BCUT2D eigenvalue weighted by Crippen LogP contribution is 2.21. The van der Waals surface area contributed by atoms with E-state index >= 15 is 0 Å². The fraction of sp³-hybridized carbons (Fsp3) is 1.00. The minimum atomic E-state index is -0.632. The topological polar surface area (TPSA) is 52.9 Å². The third kappa shape index (κ3) is 5.25. The van der Waals surface area contributed by atoms with E-state index in [0.29, 0.717) is 32.6 Å². The van der Waals surface area contributed by atoms with Gasteiger partial charge in [-0.3, -0.25) is 0 Å². The van der Waals surface area contributed by atoms with Gasteiger partial charge in [0.1, 0.15) is 0 Å². The summed E-state index contributed by atoms with van der Waals surface area (Å²) >= 11 is 0. The van der Waals surface area contributed by atoms with Gasteiger partial charge in [0.15, 0.2) is 0 Å². The van der Waals surface area contributed by atoms with Crippen LogP contribution < -0.4 is 0 Å². The molecule has 16 heavy (non-hydrogen) atoms. The van der Waals surface area contributed by atoms with Gasteiger partial charge < -0.3 is 19.8 Å². The summed E-state index contributed by atoms with van der Waals surface area (Å²) in [5.74, 6) is 0. The van der Waals surface area contributed by atoms with Crippen molar-refractivity contribution >= 4 is 0 Å². The van der Waals surface area contributed by atoms with Gasteiger partial charge in [-0.25, -0.2) is 0 Å². The van der Waals surface area contributed by atoms with Crippen LogP contribution in [-0.2, 0) is 4.74 Å². The summed E-state index contributed by atoms with van der Waals surface area (Å²) in [4.78, 5) is 2.09. The number of hydrogen-bond acceptors (Lipinski definition) is 4. The molecule has 0 aromatic heterocycles. The molecule has 0 aromatic rings. The molecule has 1 heterocycles. The first-order valence-electron chi connectivity index (χ1n) is 6.02. The van der Waals surface area contributed by atoms with E-state index in [1.54, 1.807) is 0 Å². The van der Waals surface area contributed by atoms with E-state index in [9.17, 15) is 10.2 Å². The molecule has 1 fully saturated rings. The van der Waals surface area contributed by atoms with Gasteiger partial charge in [0.25, 0.3) is 0 Å². The largest absolute Gasteiger partial charge is 0.390 e. The molecule has 0 aromatic carbocycles. The van der Waals surface area contributed by atoms with Crippen LogP contribution in [0.4, 0.5) is 0 Å². The first-order chi connectivity index (χ1) is 7.31. The van der Waals surface area contributed by atoms with Crippen LogP contribution in [-0.4, -0.2) is 59.7 Å². The summed E-state index contributed by atoms with van der Waals surface area (Å²) in [7, 11) is 1.99. The van der Waals surface area contributed by atoms with Crippen molar-refractivity contribution in [1.82, 2.24) is 4.90 Å². The molecule has 2 N–H and O–H groups in total. The normalized spacial score (nSPS) is 21.4. The number of rotatable bonds is 5. The van der Waals surface area contributed by atoms with Crippen LogP contribution >= 0.6 is 0 Å². The molecule has 1 saturated heterocycles. The number of ether oxygens (including phenoxy) is 1. The number of hydrogen-bond donors (Lipinski definition) is 2. The summed E-state index contributed by atoms with van der Waals surface area (Å²) in [6.07, 6.45) is 2.13. The maximum absolute atomic E-state index is 10.3. The highest BCUT2D eigenvalue weighted by atomic mass is 16.5. The van der Waals surface area contributed by atoms with Crippen LogP contribution in [0.3, 0.4) is 0 Å². The van der Waals surface area contributed by atoms with Crippen molar-refractivity contribution in [2.45, 2.75) is 44.3 Å². The Balaban J connectivity index is 2.29. The van der Waals surface area contributed by atoms with E-state index in [-0.39, 0.29) is 0 Å². The Labute approximate surface area is 98.2 Å². The van der Waals surface area contributed by atoms with Gasteiger partial charge in [-0.2, -0.15) is 0 Å². The standard InChI is InChI=1S/C12H25NO3/c1-11(2,14)4-7-13(3)10-12(15)5-8-16-9-6-12/h14-15H,4-10H2,1-3H3. The van der Waals surface area contributed by atoms with Gasteiger partial charge in [-0.15, -0.1) is 0 Å². The minimum Gasteiger partial charge on any atom is -0.390 e. The van der Waals surface area contributed by atoms with Gasteiger partial charge in [0.2, 0.25) is 0 Å². The molecular weight excluding hydrogens is 206 g/mol. The molecule has 0 spiro atoms. The predicted molar refractivity (Wildman–Crippen MR) is 63.4 cm³/mol. The highest BCUT2D eigenvalue weighted by Gasteiger charge is 2.31. The summed E-state index contributed by atoms with van der Waals surface area (Å²) in [5, 5.41) is 19.9. The zero-order valence-electron chi connectivity index (χ0n) is 10.7. The van der Waals surface area contributed by atoms with Gasteiger partial charge >= 0.3 is 0 Å². The molecule has 1 rings (SSSR count). The Morgan fingerprint density at radius 3 is 2.38 bits per heavy atom. The maximum Gasteiger partial charge on any atom is 0.0817 e. The van der Waals surface area contributed by atoms with E-state index in [0.717, 1.165) is 13.0 Å². The van der Waals surface area contributed by atoms with E-state index < -0.39 is 11.2 Å². The number of nitrogens with zero attached hydrogens (tertiary/aromatic N) is 1. The monoisotopic (exact) mass is 231 g/mol. The third-order valence-corrected chi connectivity index (χ3v) is 3.09. The third-order valence-electron chi connectivity index (χ3n) is 3.09. The molecule has 0 aliphatic carbocycles. The SMILES string of the molecule is CN(CCC(C)(C)O)CC1(O)CCOCC1. The fourth-order valence-corrected chi connectivity index (χ4v) is 1.96. The van der Waals surface area contributed by atoms with Crippen molar-refractivity contribution in [2.24, 2.45) is 0 Å². The number of likely N-dealkylation sites (N-methyl/N-ethyl adjacent to an activating group) is 1. The Morgan fingerprint density at radius 2 is 1.88 bits per heavy atom. The van der Waals surface area contributed by atoms with Crippen molar-refractivity contribution in [1.29, 1.82) is 0 Å². The average Bonchev–Trinajstić information content (AvgIpc) is 2.14. The van der Waals surface area contributed by atoms with Crippen molar-refractivity contribution in [3.63, 3.8) is 0 Å². The fourth-order valence-electron chi connectivity index (χ4n) is 1.96. The van der Waals surface area contributed by atoms with Gasteiger partial charge in [0.05, 0.1) is 11.2 Å². The molecule has 0 amide bonds. The lowest BCUT2D eigenvalue weighted by atomic mass is 9.93. The molecule has 1 aliphatic heterocycles. The second kappa shape index (κ2) is 5.45. The summed E-state index contributed by atoms with van der Waals surface area (Å²) in [5.41, 5.74) is -1.24. The van der Waals surface area contributed by atoms with E-state index in [1.807, 2.05) is 20.9 Å². The van der Waals surface area contributed by atoms with E-state index in [1.165, 1.54) is 0 Å². The van der Waals surface area contributed by atoms with Gasteiger partial charge in [-0.05, 0) is 27.3 Å². The number of aliphatic hydroxyl groups is 2. The van der Waals surface area contributed by atoms with Crippen molar-refractivity contribution in [2.75, 3.05) is 33.4 Å². The highest BCUT2D eigenvalue weighted by molar-refractivity contribution is 4.84. The molecule has 4 nitrogen and oxygen atoms in total. The summed E-state index contributed by atoms with van der Waals surface area (Å²) < 4.78 is 5.24. The lowest BCUT2D eigenvalue weighted by Crippen LogP contribution is -2.46. The van der Waals surface area contributed by atoms with Crippen molar-refractivity contribution < 1.29 is 14.9 Å². The first-order valence-corrected chi connectivity index (χ1v) is 6.02. The molecule has 0 bridgehead atoms. The molecular formula is C12H25NO3. The zero-order chi connectivity index (χ0) is 12.2. The molecule has 96 valence electrons. The minimum absolute atomic E-state index is 0.605. The van der Waals surface area contributed by atoms with Crippen LogP contribution in [0, 0.1) is 0 Å². The summed E-state index contributed by atoms with van der Waals surface area (Å²) in [6.45, 7) is 6.37. The van der Waals surface area contributed by atoms with E-state index in [2.05, 4.69) is 4.90 Å². The molecule has 0 unspecified atom stereocenters. The second-order valence-corrected chi connectivity index (χ2v) is 5.64. The Kier molecular flexibility index (Phi) is 4.73. The molecule has 0 saturated carbocycles. The van der Waals surface area contributed by atoms with Crippen LogP contribution in [0.5, 0.6) is 0 Å². The Morgan fingerprint density at radius 1 is 1.31 bits per heavy atom. The quantitative estimate of drug-likeness (QED) is 0.728. The average molecular weight is 231 g/mol. The van der Waals surface area contributed by atoms with Crippen molar-refractivity contribution in [3.05, 3.63) is 0 Å². The lowest BCUT2D eigenvalue weighted by molar-refractivity contribution is -0.0786. The summed E-state index contributed by atoms with van der Waals surface area (Å²) in [6, 6.07) is 0. The zero-order valence-corrected chi connectivity index (χ0v) is 10.7. The van der Waals surface area contributed by atoms with Gasteiger partial charge in [-0.1, -0.05) is 0 Å². The van der Waals surface area contributed by atoms with Crippen LogP contribution in [0.25, 0.3) is 0 Å². The van der Waals surface area contributed by atoms with Crippen LogP contribution in [0.1, 0.15) is 33.1 Å². The van der Waals surface area contributed by atoms with Crippen molar-refractivity contribution in [3.8, 4) is 0 Å². The molecule has 4 heteroatoms. The molecule has 0 radical (unpaired) electrons. The Bertz CT molecular complexity index is 207. The lowest BCUT2D eigenvalue weighted by Gasteiger charge is -2.36. The van der Waals surface area contributed by atoms with Gasteiger partial charge in [0, 0.05) is 39.1 Å². The smallest absolute Gasteiger partial charge is 0.0817 e. The maximum atomic E-state index is 10.3. The molecule has 0 atom stereocenters. The Hall–Kier alpha value is -0.160. The van der Waals surface area contributed by atoms with Crippen LogP contribution in [0.15, 0.2) is 0 Å². The first kappa shape index (κ1) is 13.9. The van der Waals surface area contributed by atoms with E-state index in [4.69, 9.17) is 4.74 Å². The predicted octanol–water partition coefficient (Wildman–Crippen LogP) is 0.621. The molecule has 1 aliphatic rings. The second-order valence-electron chi connectivity index (χ2n) is 5.64.